The predicted octanol–water partition coefficient (Wildman–Crippen LogP) is 3.38. The summed E-state index contributed by atoms with van der Waals surface area (Å²) >= 11 is 0. The second-order valence-corrected chi connectivity index (χ2v) is 6.00. The molecule has 0 aromatic carbocycles. The molecule has 1 aliphatic rings. The highest BCUT2D eigenvalue weighted by molar-refractivity contribution is 6.03. The van der Waals surface area contributed by atoms with E-state index in [1.807, 2.05) is 16.6 Å². The largest absolute Gasteiger partial charge is 0.381 e. The van der Waals surface area contributed by atoms with Crippen molar-refractivity contribution in [3.63, 3.8) is 0 Å². The molecule has 4 heteroatoms. The Kier molecular flexibility index (Phi) is 3.81. The van der Waals surface area contributed by atoms with Crippen LogP contribution in [0.1, 0.15) is 54.2 Å². The van der Waals surface area contributed by atoms with Crippen molar-refractivity contribution in [3.8, 4) is 0 Å². The van der Waals surface area contributed by atoms with Crippen LogP contribution in [0.3, 0.4) is 0 Å². The first-order valence-electron chi connectivity index (χ1n) is 7.66. The average molecular weight is 286 g/mol. The zero-order chi connectivity index (χ0) is 15.0. The first-order valence-corrected chi connectivity index (χ1v) is 7.66. The van der Waals surface area contributed by atoms with Crippen LogP contribution in [0.4, 0.5) is 0 Å². The molecule has 1 atom stereocenters. The van der Waals surface area contributed by atoms with Crippen molar-refractivity contribution < 1.29 is 9.53 Å². The van der Waals surface area contributed by atoms with Gasteiger partial charge in [0.1, 0.15) is 0 Å². The van der Waals surface area contributed by atoms with Crippen LogP contribution in [-0.2, 0) is 4.74 Å². The van der Waals surface area contributed by atoms with E-state index >= 15 is 0 Å². The van der Waals surface area contributed by atoms with Crippen molar-refractivity contribution in [2.75, 3.05) is 13.2 Å². The predicted molar refractivity (Wildman–Crippen MR) is 81.9 cm³/mol. The van der Waals surface area contributed by atoms with Gasteiger partial charge in [-0.05, 0) is 50.3 Å². The van der Waals surface area contributed by atoms with Gasteiger partial charge < -0.3 is 4.74 Å². The number of aromatic nitrogens is 2. The maximum absolute atomic E-state index is 12.0. The molecule has 0 N–H and O–H groups in total. The lowest BCUT2D eigenvalue weighted by Crippen LogP contribution is -2.22. The molecule has 3 rings (SSSR count). The smallest absolute Gasteiger partial charge is 0.162 e. The number of fused-ring (bicyclic) bond motifs is 1. The van der Waals surface area contributed by atoms with Gasteiger partial charge in [-0.2, -0.15) is 5.10 Å². The number of carbonyl (C=O) groups is 1. The van der Waals surface area contributed by atoms with Gasteiger partial charge in [-0.3, -0.25) is 4.79 Å². The first-order chi connectivity index (χ1) is 10.1. The quantitative estimate of drug-likeness (QED) is 0.812. The molecule has 0 saturated carbocycles. The van der Waals surface area contributed by atoms with E-state index in [1.54, 1.807) is 13.1 Å². The van der Waals surface area contributed by atoms with Gasteiger partial charge in [-0.25, -0.2) is 4.52 Å². The maximum atomic E-state index is 12.0. The van der Waals surface area contributed by atoms with Crippen LogP contribution in [0.25, 0.3) is 5.52 Å². The number of hydrogen-bond acceptors (Lipinski definition) is 3. The van der Waals surface area contributed by atoms with Crippen LogP contribution >= 0.6 is 0 Å². The molecular formula is C17H22N2O2. The highest BCUT2D eigenvalue weighted by Crippen LogP contribution is 2.36. The molecule has 2 aromatic rings. The summed E-state index contributed by atoms with van der Waals surface area (Å²) in [6, 6.07) is 3.88. The van der Waals surface area contributed by atoms with Gasteiger partial charge in [0.2, 0.25) is 0 Å². The molecule has 0 aliphatic carbocycles. The fourth-order valence-electron chi connectivity index (χ4n) is 3.65. The summed E-state index contributed by atoms with van der Waals surface area (Å²) in [6.07, 6.45) is 3.95. The lowest BCUT2D eigenvalue weighted by Gasteiger charge is -2.28. The molecule has 21 heavy (non-hydrogen) atoms. The average Bonchev–Trinajstić information content (AvgIpc) is 2.79. The van der Waals surface area contributed by atoms with Crippen molar-refractivity contribution >= 4 is 11.3 Å². The molecule has 4 nitrogen and oxygen atoms in total. The normalized spacial score (nSPS) is 18.0. The number of nitrogens with zero attached hydrogens (tertiary/aromatic N) is 2. The van der Waals surface area contributed by atoms with E-state index in [4.69, 9.17) is 4.74 Å². The minimum absolute atomic E-state index is 0.114. The third kappa shape index (κ3) is 2.38. The molecule has 1 aliphatic heterocycles. The standard InChI is InChI=1S/C17H22N2O2/c1-11(14-6-9-21-10-7-14)17-12(2)16(13(3)20)15-5-4-8-18-19(15)17/h4-5,8,11,14H,6-7,9-10H2,1-3H3. The molecule has 2 aromatic heterocycles. The van der Waals surface area contributed by atoms with Crippen LogP contribution in [0.2, 0.25) is 0 Å². The first kappa shape index (κ1) is 14.3. The van der Waals surface area contributed by atoms with Gasteiger partial charge in [0.05, 0.1) is 5.52 Å². The second kappa shape index (κ2) is 5.60. The van der Waals surface area contributed by atoms with Crippen molar-refractivity contribution in [1.29, 1.82) is 0 Å². The summed E-state index contributed by atoms with van der Waals surface area (Å²) in [4.78, 5) is 12.0. The fourth-order valence-corrected chi connectivity index (χ4v) is 3.65. The van der Waals surface area contributed by atoms with E-state index in [0.29, 0.717) is 11.8 Å². The van der Waals surface area contributed by atoms with Gasteiger partial charge in [-0.15, -0.1) is 0 Å². The Morgan fingerprint density at radius 3 is 2.81 bits per heavy atom. The van der Waals surface area contributed by atoms with Crippen molar-refractivity contribution in [3.05, 3.63) is 35.2 Å². The highest BCUT2D eigenvalue weighted by Gasteiger charge is 2.28. The van der Waals surface area contributed by atoms with Crippen LogP contribution in [0.15, 0.2) is 18.3 Å². The van der Waals surface area contributed by atoms with Crippen molar-refractivity contribution in [2.45, 2.75) is 39.5 Å². The molecule has 112 valence electrons. The topological polar surface area (TPSA) is 43.6 Å². The van der Waals surface area contributed by atoms with Crippen LogP contribution in [-0.4, -0.2) is 28.6 Å². The minimum atomic E-state index is 0.114. The molecule has 0 bridgehead atoms. The Bertz CT molecular complexity index is 669. The van der Waals surface area contributed by atoms with Crippen molar-refractivity contribution in [2.24, 2.45) is 5.92 Å². The lowest BCUT2D eigenvalue weighted by molar-refractivity contribution is 0.0590. The number of rotatable bonds is 3. The number of carbonyl (C=O) groups excluding carboxylic acids is 1. The van der Waals surface area contributed by atoms with Crippen LogP contribution in [0.5, 0.6) is 0 Å². The molecule has 1 fully saturated rings. The van der Waals surface area contributed by atoms with Crippen molar-refractivity contribution in [1.82, 2.24) is 9.61 Å². The van der Waals surface area contributed by atoms with Crippen LogP contribution in [0, 0.1) is 12.8 Å². The van der Waals surface area contributed by atoms with E-state index < -0.39 is 0 Å². The monoisotopic (exact) mass is 286 g/mol. The molecule has 0 amide bonds. The number of hydrogen-bond donors (Lipinski definition) is 0. The highest BCUT2D eigenvalue weighted by atomic mass is 16.5. The molecule has 0 radical (unpaired) electrons. The summed E-state index contributed by atoms with van der Waals surface area (Å²) in [6.45, 7) is 7.62. The summed E-state index contributed by atoms with van der Waals surface area (Å²) in [5, 5.41) is 4.49. The van der Waals surface area contributed by atoms with Gasteiger partial charge in [-0.1, -0.05) is 6.92 Å². The number of ether oxygens (including phenoxy) is 1. The molecular weight excluding hydrogens is 264 g/mol. The third-order valence-electron chi connectivity index (χ3n) is 4.75. The second-order valence-electron chi connectivity index (χ2n) is 6.00. The fraction of sp³-hybridized carbons (Fsp3) is 0.529. The van der Waals surface area contributed by atoms with E-state index in [9.17, 15) is 4.79 Å². The molecule has 0 spiro atoms. The van der Waals surface area contributed by atoms with Gasteiger partial charge in [0.15, 0.2) is 5.78 Å². The molecule has 1 saturated heterocycles. The third-order valence-corrected chi connectivity index (χ3v) is 4.75. The van der Waals surface area contributed by atoms with E-state index in [2.05, 4.69) is 18.9 Å². The number of Topliss-reactive ketones (excluding diaryl/α,β-unsaturated/α-hetero) is 1. The zero-order valence-corrected chi connectivity index (χ0v) is 12.9. The summed E-state index contributed by atoms with van der Waals surface area (Å²) in [5.74, 6) is 1.09. The Morgan fingerprint density at radius 1 is 1.43 bits per heavy atom. The Hall–Kier alpha value is -1.68. The molecule has 3 heterocycles. The zero-order valence-electron chi connectivity index (χ0n) is 12.9. The Labute approximate surface area is 125 Å². The van der Waals surface area contributed by atoms with Gasteiger partial charge >= 0.3 is 0 Å². The summed E-state index contributed by atoms with van der Waals surface area (Å²) in [7, 11) is 0. The van der Waals surface area contributed by atoms with Gasteiger partial charge in [0, 0.05) is 36.6 Å². The van der Waals surface area contributed by atoms with E-state index in [0.717, 1.165) is 42.7 Å². The van der Waals surface area contributed by atoms with E-state index in [-0.39, 0.29) is 5.78 Å². The van der Waals surface area contributed by atoms with E-state index in [1.165, 1.54) is 5.69 Å². The Morgan fingerprint density at radius 2 is 2.14 bits per heavy atom. The van der Waals surface area contributed by atoms with Crippen LogP contribution < -0.4 is 0 Å². The summed E-state index contributed by atoms with van der Waals surface area (Å²) < 4.78 is 7.43. The van der Waals surface area contributed by atoms with Gasteiger partial charge in [0.25, 0.3) is 0 Å². The number of ketones is 1. The SMILES string of the molecule is CC(=O)c1c(C)c(C(C)C2CCOCC2)n2ncccc12. The molecule has 1 unspecified atom stereocenters. The minimum Gasteiger partial charge on any atom is -0.381 e. The summed E-state index contributed by atoms with van der Waals surface area (Å²) in [5.41, 5.74) is 4.01. The maximum Gasteiger partial charge on any atom is 0.162 e. The Balaban J connectivity index is 2.13. The lowest BCUT2D eigenvalue weighted by atomic mass is 9.83.